The third-order valence-corrected chi connectivity index (χ3v) is 3.61. The molecule has 1 amide bonds. The van der Waals surface area contributed by atoms with Crippen LogP contribution in [0.1, 0.15) is 6.92 Å². The molecular formula is C15H22N2O3. The normalized spacial score (nSPS) is 16.3. The summed E-state index contributed by atoms with van der Waals surface area (Å²) in [5.41, 5.74) is 0.799. The van der Waals surface area contributed by atoms with Crippen molar-refractivity contribution in [1.29, 1.82) is 0 Å². The Morgan fingerprint density at radius 3 is 2.60 bits per heavy atom. The van der Waals surface area contributed by atoms with Gasteiger partial charge in [-0.25, -0.2) is 0 Å². The summed E-state index contributed by atoms with van der Waals surface area (Å²) in [6.07, 6.45) is 0. The number of hydrogen-bond donors (Lipinski definition) is 2. The van der Waals surface area contributed by atoms with Crippen molar-refractivity contribution < 1.29 is 14.3 Å². The summed E-state index contributed by atoms with van der Waals surface area (Å²) in [7, 11) is 1.64. The van der Waals surface area contributed by atoms with Crippen LogP contribution in [0.5, 0.6) is 5.75 Å². The number of nitrogens with one attached hydrogen (secondary N) is 2. The van der Waals surface area contributed by atoms with Crippen molar-refractivity contribution in [2.75, 3.05) is 38.7 Å². The van der Waals surface area contributed by atoms with Crippen molar-refractivity contribution in [3.8, 4) is 5.75 Å². The first-order chi connectivity index (χ1) is 9.70. The molecule has 2 rings (SSSR count). The molecule has 1 heterocycles. The van der Waals surface area contributed by atoms with Crippen LogP contribution in [0.25, 0.3) is 0 Å². The second-order valence-corrected chi connectivity index (χ2v) is 5.06. The summed E-state index contributed by atoms with van der Waals surface area (Å²) in [5, 5.41) is 6.12. The first kappa shape index (κ1) is 14.8. The maximum Gasteiger partial charge on any atom is 0.227 e. The second-order valence-electron chi connectivity index (χ2n) is 5.06. The van der Waals surface area contributed by atoms with Gasteiger partial charge >= 0.3 is 0 Å². The summed E-state index contributed by atoms with van der Waals surface area (Å²) in [6, 6.07) is 7.40. The Morgan fingerprint density at radius 1 is 1.35 bits per heavy atom. The zero-order chi connectivity index (χ0) is 14.4. The molecule has 0 aliphatic carbocycles. The summed E-state index contributed by atoms with van der Waals surface area (Å²) >= 11 is 0. The molecule has 0 aromatic heterocycles. The Morgan fingerprint density at radius 2 is 2.05 bits per heavy atom. The Hall–Kier alpha value is -1.59. The van der Waals surface area contributed by atoms with Crippen LogP contribution in [0, 0.1) is 11.8 Å². The van der Waals surface area contributed by atoms with Gasteiger partial charge in [0, 0.05) is 18.7 Å². The number of carbonyl (C=O) groups excluding carboxylic acids is 1. The lowest BCUT2D eigenvalue weighted by molar-refractivity contribution is -0.121. The molecule has 0 spiro atoms. The molecule has 1 aromatic rings. The summed E-state index contributed by atoms with van der Waals surface area (Å²) in [5.74, 6) is 1.33. The van der Waals surface area contributed by atoms with E-state index < -0.39 is 0 Å². The highest BCUT2D eigenvalue weighted by molar-refractivity contribution is 5.92. The highest BCUT2D eigenvalue weighted by atomic mass is 16.5. The van der Waals surface area contributed by atoms with E-state index in [0.29, 0.717) is 19.1 Å². The van der Waals surface area contributed by atoms with Crippen LogP contribution in [-0.2, 0) is 9.53 Å². The van der Waals surface area contributed by atoms with E-state index in [0.717, 1.165) is 24.5 Å². The molecule has 1 aliphatic rings. The first-order valence-corrected chi connectivity index (χ1v) is 6.94. The topological polar surface area (TPSA) is 59.6 Å². The predicted molar refractivity (Wildman–Crippen MR) is 78.0 cm³/mol. The molecule has 5 nitrogen and oxygen atoms in total. The van der Waals surface area contributed by atoms with Crippen LogP contribution in [0.2, 0.25) is 0 Å². The fraction of sp³-hybridized carbons (Fsp3) is 0.533. The van der Waals surface area contributed by atoms with Gasteiger partial charge in [-0.05, 0) is 43.3 Å². The maximum atomic E-state index is 12.1. The number of anilines is 1. The van der Waals surface area contributed by atoms with Gasteiger partial charge in [-0.15, -0.1) is 0 Å². The molecule has 0 bridgehead atoms. The van der Waals surface area contributed by atoms with Crippen molar-refractivity contribution in [3.05, 3.63) is 24.3 Å². The predicted octanol–water partition coefficient (Wildman–Crippen LogP) is 1.51. The van der Waals surface area contributed by atoms with Crippen LogP contribution in [0.4, 0.5) is 5.69 Å². The van der Waals surface area contributed by atoms with E-state index >= 15 is 0 Å². The Labute approximate surface area is 119 Å². The first-order valence-electron chi connectivity index (χ1n) is 6.94. The molecule has 1 aliphatic heterocycles. The lowest BCUT2D eigenvalue weighted by Crippen LogP contribution is -2.48. The van der Waals surface area contributed by atoms with E-state index in [2.05, 4.69) is 10.6 Å². The van der Waals surface area contributed by atoms with E-state index in [-0.39, 0.29) is 11.8 Å². The number of benzene rings is 1. The fourth-order valence-electron chi connectivity index (χ4n) is 2.01. The van der Waals surface area contributed by atoms with E-state index in [9.17, 15) is 4.79 Å². The minimum atomic E-state index is 0.0360. The van der Waals surface area contributed by atoms with E-state index in [4.69, 9.17) is 9.47 Å². The molecule has 1 saturated heterocycles. The Kier molecular flexibility index (Phi) is 5.38. The van der Waals surface area contributed by atoms with Crippen LogP contribution in [0.15, 0.2) is 24.3 Å². The number of rotatable bonds is 7. The zero-order valence-corrected chi connectivity index (χ0v) is 12.0. The molecule has 1 fully saturated rings. The summed E-state index contributed by atoms with van der Waals surface area (Å²) in [6.45, 7) is 4.92. The van der Waals surface area contributed by atoms with Crippen LogP contribution >= 0.6 is 0 Å². The lowest BCUT2D eigenvalue weighted by Gasteiger charge is -2.31. The largest absolute Gasteiger partial charge is 0.491 e. The van der Waals surface area contributed by atoms with Crippen LogP contribution < -0.4 is 15.4 Å². The van der Waals surface area contributed by atoms with Crippen molar-refractivity contribution in [1.82, 2.24) is 5.32 Å². The van der Waals surface area contributed by atoms with Crippen molar-refractivity contribution in [2.45, 2.75) is 6.92 Å². The van der Waals surface area contributed by atoms with Gasteiger partial charge in [0.15, 0.2) is 0 Å². The van der Waals surface area contributed by atoms with Crippen LogP contribution in [-0.4, -0.2) is 39.3 Å². The van der Waals surface area contributed by atoms with Gasteiger partial charge in [-0.2, -0.15) is 0 Å². The number of carbonyl (C=O) groups is 1. The van der Waals surface area contributed by atoms with Gasteiger partial charge in [-0.3, -0.25) is 4.79 Å². The van der Waals surface area contributed by atoms with Crippen LogP contribution in [0.3, 0.4) is 0 Å². The summed E-state index contributed by atoms with van der Waals surface area (Å²) in [4.78, 5) is 12.1. The van der Waals surface area contributed by atoms with Gasteiger partial charge in [0.2, 0.25) is 5.91 Å². The number of amides is 1. The average molecular weight is 278 g/mol. The van der Waals surface area contributed by atoms with Gasteiger partial charge in [0.1, 0.15) is 12.4 Å². The molecule has 2 N–H and O–H groups in total. The number of hydrogen-bond acceptors (Lipinski definition) is 4. The monoisotopic (exact) mass is 278 g/mol. The Balaban J connectivity index is 1.81. The quantitative estimate of drug-likeness (QED) is 0.742. The number of ether oxygens (including phenoxy) is 2. The SMILES string of the molecule is COCCOc1ccc(NC(=O)C(C)C2CNC2)cc1. The molecule has 0 saturated carbocycles. The van der Waals surface area contributed by atoms with Gasteiger partial charge in [0.25, 0.3) is 0 Å². The molecule has 110 valence electrons. The van der Waals surface area contributed by atoms with E-state index in [1.165, 1.54) is 0 Å². The molecule has 5 heteroatoms. The van der Waals surface area contributed by atoms with Gasteiger partial charge in [-0.1, -0.05) is 6.92 Å². The number of methoxy groups -OCH3 is 1. The second kappa shape index (κ2) is 7.26. The third-order valence-electron chi connectivity index (χ3n) is 3.61. The van der Waals surface area contributed by atoms with Crippen molar-refractivity contribution in [2.24, 2.45) is 11.8 Å². The third kappa shape index (κ3) is 3.95. The standard InChI is InChI=1S/C15H22N2O3/c1-11(12-9-16-10-12)15(18)17-13-3-5-14(6-4-13)20-8-7-19-2/h3-6,11-12,16H,7-10H2,1-2H3,(H,17,18). The summed E-state index contributed by atoms with van der Waals surface area (Å²) < 4.78 is 10.4. The molecule has 1 atom stereocenters. The lowest BCUT2D eigenvalue weighted by atomic mass is 9.88. The molecular weight excluding hydrogens is 256 g/mol. The molecule has 0 radical (unpaired) electrons. The van der Waals surface area contributed by atoms with E-state index in [1.54, 1.807) is 7.11 Å². The molecule has 1 unspecified atom stereocenters. The fourth-order valence-corrected chi connectivity index (χ4v) is 2.01. The highest BCUT2D eigenvalue weighted by Crippen LogP contribution is 2.20. The van der Waals surface area contributed by atoms with Crippen molar-refractivity contribution >= 4 is 11.6 Å². The Bertz CT molecular complexity index is 429. The van der Waals surface area contributed by atoms with E-state index in [1.807, 2.05) is 31.2 Å². The van der Waals surface area contributed by atoms with Crippen molar-refractivity contribution in [3.63, 3.8) is 0 Å². The average Bonchev–Trinajstić information content (AvgIpc) is 2.39. The maximum absolute atomic E-state index is 12.1. The van der Waals surface area contributed by atoms with Gasteiger partial charge < -0.3 is 20.1 Å². The molecule has 20 heavy (non-hydrogen) atoms. The molecule has 1 aromatic carbocycles. The zero-order valence-electron chi connectivity index (χ0n) is 12.0. The minimum absolute atomic E-state index is 0.0360. The minimum Gasteiger partial charge on any atom is -0.491 e. The van der Waals surface area contributed by atoms with Gasteiger partial charge in [0.05, 0.1) is 6.61 Å². The smallest absolute Gasteiger partial charge is 0.227 e. The highest BCUT2D eigenvalue weighted by Gasteiger charge is 2.28.